The lowest BCUT2D eigenvalue weighted by molar-refractivity contribution is 0.220. The molecule has 0 amide bonds. The van der Waals surface area contributed by atoms with Crippen LogP contribution in [0.4, 0.5) is 4.39 Å². The van der Waals surface area contributed by atoms with E-state index in [0.717, 1.165) is 11.1 Å². The van der Waals surface area contributed by atoms with E-state index >= 15 is 0 Å². The molecule has 0 spiro atoms. The average Bonchev–Trinajstić information content (AvgIpc) is 2.40. The van der Waals surface area contributed by atoms with Crippen LogP contribution in [0.1, 0.15) is 24.2 Å². The van der Waals surface area contributed by atoms with Gasteiger partial charge in [0.25, 0.3) is 0 Å². The van der Waals surface area contributed by atoms with Crippen LogP contribution in [0.3, 0.4) is 0 Å². The first-order valence-electron chi connectivity index (χ1n) is 5.68. The van der Waals surface area contributed by atoms with Gasteiger partial charge in [0.1, 0.15) is 11.9 Å². The van der Waals surface area contributed by atoms with E-state index in [4.69, 9.17) is 17.0 Å². The summed E-state index contributed by atoms with van der Waals surface area (Å²) in [7, 11) is 0. The molecule has 0 bridgehead atoms. The molecule has 3 heteroatoms. The van der Waals surface area contributed by atoms with Crippen molar-refractivity contribution in [3.05, 3.63) is 71.5 Å². The van der Waals surface area contributed by atoms with Crippen LogP contribution in [0.15, 0.2) is 54.6 Å². The van der Waals surface area contributed by atoms with Crippen molar-refractivity contribution in [2.24, 2.45) is 0 Å². The summed E-state index contributed by atoms with van der Waals surface area (Å²) in [5.41, 5.74) is 1.77. The van der Waals surface area contributed by atoms with Crippen LogP contribution in [0, 0.1) is 5.82 Å². The van der Waals surface area contributed by atoms with Crippen molar-refractivity contribution in [1.29, 1.82) is 0 Å². The lowest BCUT2D eigenvalue weighted by Crippen LogP contribution is -2.07. The highest BCUT2D eigenvalue weighted by Crippen LogP contribution is 2.19. The fraction of sp³-hybridized carbons (Fsp3) is 0.133. The monoisotopic (exact) mass is 260 g/mol. The molecule has 0 aromatic heterocycles. The summed E-state index contributed by atoms with van der Waals surface area (Å²) in [5.74, 6) is -0.253. The van der Waals surface area contributed by atoms with Crippen LogP contribution in [-0.2, 0) is 4.74 Å². The maximum absolute atomic E-state index is 12.8. The van der Waals surface area contributed by atoms with Gasteiger partial charge in [-0.15, -0.1) is 0 Å². The van der Waals surface area contributed by atoms with Crippen molar-refractivity contribution in [2.75, 3.05) is 0 Å². The zero-order valence-electron chi connectivity index (χ0n) is 9.97. The van der Waals surface area contributed by atoms with Crippen LogP contribution >= 0.6 is 12.2 Å². The molecule has 2 rings (SSSR count). The fourth-order valence-corrected chi connectivity index (χ4v) is 1.89. The molecule has 2 aromatic rings. The van der Waals surface area contributed by atoms with Gasteiger partial charge in [0.15, 0.2) is 5.05 Å². The van der Waals surface area contributed by atoms with Crippen LogP contribution in [-0.4, -0.2) is 5.05 Å². The van der Waals surface area contributed by atoms with Gasteiger partial charge in [-0.1, -0.05) is 42.5 Å². The molecule has 18 heavy (non-hydrogen) atoms. The maximum atomic E-state index is 12.8. The van der Waals surface area contributed by atoms with Gasteiger partial charge in [0, 0.05) is 5.56 Å². The minimum absolute atomic E-state index is 0.196. The zero-order valence-corrected chi connectivity index (χ0v) is 10.8. The van der Waals surface area contributed by atoms with E-state index in [1.165, 1.54) is 12.1 Å². The van der Waals surface area contributed by atoms with Gasteiger partial charge < -0.3 is 4.74 Å². The maximum Gasteiger partial charge on any atom is 0.191 e. The van der Waals surface area contributed by atoms with Gasteiger partial charge in [-0.2, -0.15) is 0 Å². The fourth-order valence-electron chi connectivity index (χ4n) is 1.60. The van der Waals surface area contributed by atoms with Crippen molar-refractivity contribution in [3.8, 4) is 0 Å². The van der Waals surface area contributed by atoms with Crippen molar-refractivity contribution in [3.63, 3.8) is 0 Å². The summed E-state index contributed by atoms with van der Waals surface area (Å²) >= 11 is 5.23. The summed E-state index contributed by atoms with van der Waals surface area (Å²) < 4.78 is 18.5. The van der Waals surface area contributed by atoms with Gasteiger partial charge in [-0.3, -0.25) is 0 Å². The SMILES string of the molecule is C[C@H](OC(=S)c1ccccc1)c1ccc(F)cc1. The van der Waals surface area contributed by atoms with E-state index in [0.29, 0.717) is 5.05 Å². The number of rotatable bonds is 3. The molecule has 0 saturated carbocycles. The van der Waals surface area contributed by atoms with Crippen molar-refractivity contribution >= 4 is 17.3 Å². The molecule has 0 unspecified atom stereocenters. The summed E-state index contributed by atoms with van der Waals surface area (Å²) in [6.07, 6.45) is -0.196. The Bertz CT molecular complexity index is 522. The predicted octanol–water partition coefficient (Wildman–Crippen LogP) is 4.28. The van der Waals surface area contributed by atoms with Crippen molar-refractivity contribution < 1.29 is 9.13 Å². The quantitative estimate of drug-likeness (QED) is 0.762. The molecule has 0 saturated heterocycles. The number of hydrogen-bond donors (Lipinski definition) is 0. The molecular weight excluding hydrogens is 247 g/mol. The Morgan fingerprint density at radius 3 is 2.28 bits per heavy atom. The second-order valence-corrected chi connectivity index (χ2v) is 4.34. The first-order valence-corrected chi connectivity index (χ1v) is 6.09. The molecule has 0 aliphatic rings. The van der Waals surface area contributed by atoms with Crippen LogP contribution in [0.2, 0.25) is 0 Å². The lowest BCUT2D eigenvalue weighted by atomic mass is 10.1. The van der Waals surface area contributed by atoms with Crippen LogP contribution in [0.5, 0.6) is 0 Å². The molecule has 0 aliphatic carbocycles. The lowest BCUT2D eigenvalue weighted by Gasteiger charge is -2.15. The molecule has 2 aromatic carbocycles. The molecular formula is C15H13FOS. The Hall–Kier alpha value is -1.74. The Morgan fingerprint density at radius 2 is 1.67 bits per heavy atom. The average molecular weight is 260 g/mol. The molecule has 0 heterocycles. The van der Waals surface area contributed by atoms with E-state index in [1.54, 1.807) is 12.1 Å². The molecule has 1 nitrogen and oxygen atoms in total. The second-order valence-electron chi connectivity index (χ2n) is 3.97. The van der Waals surface area contributed by atoms with E-state index in [2.05, 4.69) is 0 Å². The molecule has 0 aliphatic heterocycles. The minimum Gasteiger partial charge on any atom is -0.475 e. The predicted molar refractivity (Wildman–Crippen MR) is 74.0 cm³/mol. The molecule has 92 valence electrons. The molecule has 0 radical (unpaired) electrons. The van der Waals surface area contributed by atoms with E-state index < -0.39 is 0 Å². The Kier molecular flexibility index (Phi) is 4.05. The molecule has 0 N–H and O–H groups in total. The third-order valence-corrected chi connectivity index (χ3v) is 2.96. The van der Waals surface area contributed by atoms with Crippen LogP contribution < -0.4 is 0 Å². The molecule has 0 fully saturated rings. The van der Waals surface area contributed by atoms with Gasteiger partial charge in [0.2, 0.25) is 0 Å². The number of benzene rings is 2. The minimum atomic E-state index is -0.253. The zero-order chi connectivity index (χ0) is 13.0. The van der Waals surface area contributed by atoms with Crippen molar-refractivity contribution in [1.82, 2.24) is 0 Å². The number of ether oxygens (including phenoxy) is 1. The third-order valence-electron chi connectivity index (χ3n) is 2.63. The summed E-state index contributed by atoms with van der Waals surface area (Å²) in [6, 6.07) is 15.8. The summed E-state index contributed by atoms with van der Waals surface area (Å²) in [6.45, 7) is 1.89. The highest BCUT2D eigenvalue weighted by molar-refractivity contribution is 7.80. The van der Waals surface area contributed by atoms with Gasteiger partial charge in [-0.25, -0.2) is 4.39 Å². The highest BCUT2D eigenvalue weighted by Gasteiger charge is 2.10. The summed E-state index contributed by atoms with van der Waals surface area (Å²) in [4.78, 5) is 0. The van der Waals surface area contributed by atoms with Gasteiger partial charge in [-0.05, 0) is 36.8 Å². The molecule has 1 atom stereocenters. The van der Waals surface area contributed by atoms with Crippen LogP contribution in [0.25, 0.3) is 0 Å². The Labute approximate surface area is 111 Å². The number of thiocarbonyl (C=S) groups is 1. The Balaban J connectivity index is 2.06. The second kappa shape index (κ2) is 5.74. The number of hydrogen-bond acceptors (Lipinski definition) is 2. The highest BCUT2D eigenvalue weighted by atomic mass is 32.1. The smallest absolute Gasteiger partial charge is 0.191 e. The summed E-state index contributed by atoms with van der Waals surface area (Å²) in [5, 5.41) is 0.451. The first kappa shape index (κ1) is 12.7. The van der Waals surface area contributed by atoms with E-state index in [9.17, 15) is 4.39 Å². The van der Waals surface area contributed by atoms with Crippen molar-refractivity contribution in [2.45, 2.75) is 13.0 Å². The first-order chi connectivity index (χ1) is 8.66. The normalized spacial score (nSPS) is 11.9. The number of halogens is 1. The van der Waals surface area contributed by atoms with Gasteiger partial charge in [0.05, 0.1) is 0 Å². The van der Waals surface area contributed by atoms with Gasteiger partial charge >= 0.3 is 0 Å². The topological polar surface area (TPSA) is 9.23 Å². The van der Waals surface area contributed by atoms with E-state index in [-0.39, 0.29) is 11.9 Å². The largest absolute Gasteiger partial charge is 0.475 e. The third kappa shape index (κ3) is 3.14. The van der Waals surface area contributed by atoms with E-state index in [1.807, 2.05) is 37.3 Å². The standard InChI is InChI=1S/C15H13FOS/c1-11(12-7-9-14(16)10-8-12)17-15(18)13-5-3-2-4-6-13/h2-11H,1H3/t11-/m0/s1. The Morgan fingerprint density at radius 1 is 1.06 bits per heavy atom.